The number of carbonyl (C=O) groups excluding carboxylic acids is 2. The molecular formula is C15H18O2. The summed E-state index contributed by atoms with van der Waals surface area (Å²) in [4.78, 5) is 24.4. The lowest BCUT2D eigenvalue weighted by molar-refractivity contribution is 0.0833. The Morgan fingerprint density at radius 2 is 1.82 bits per heavy atom. The van der Waals surface area contributed by atoms with Crippen molar-refractivity contribution in [2.45, 2.75) is 40.0 Å². The Morgan fingerprint density at radius 3 is 2.41 bits per heavy atom. The van der Waals surface area contributed by atoms with Crippen LogP contribution >= 0.6 is 0 Å². The van der Waals surface area contributed by atoms with Gasteiger partial charge in [-0.25, -0.2) is 0 Å². The molecule has 0 aromatic heterocycles. The van der Waals surface area contributed by atoms with Crippen LogP contribution in [-0.4, -0.2) is 11.6 Å². The van der Waals surface area contributed by atoms with Crippen molar-refractivity contribution in [3.63, 3.8) is 0 Å². The van der Waals surface area contributed by atoms with Crippen molar-refractivity contribution in [3.8, 4) is 0 Å². The first kappa shape index (κ1) is 12.0. The fourth-order valence-corrected chi connectivity index (χ4v) is 2.55. The summed E-state index contributed by atoms with van der Waals surface area (Å²) >= 11 is 0. The van der Waals surface area contributed by atoms with Crippen molar-refractivity contribution < 1.29 is 9.59 Å². The maximum atomic E-state index is 12.3. The summed E-state index contributed by atoms with van der Waals surface area (Å²) in [6.45, 7) is 7.86. The average molecular weight is 230 g/mol. The molecule has 1 aliphatic rings. The van der Waals surface area contributed by atoms with Gasteiger partial charge in [-0.05, 0) is 24.0 Å². The van der Waals surface area contributed by atoms with Crippen LogP contribution in [0.25, 0.3) is 0 Å². The summed E-state index contributed by atoms with van der Waals surface area (Å²) in [6, 6.07) is 3.94. The van der Waals surface area contributed by atoms with E-state index in [2.05, 4.69) is 13.8 Å². The van der Waals surface area contributed by atoms with E-state index in [0.717, 1.165) is 11.1 Å². The third kappa shape index (κ3) is 1.82. The van der Waals surface area contributed by atoms with Crippen LogP contribution in [0.1, 0.15) is 65.0 Å². The minimum Gasteiger partial charge on any atom is -0.294 e. The minimum absolute atomic E-state index is 0.118. The Morgan fingerprint density at radius 1 is 1.18 bits per heavy atom. The standard InChI is InChI=1S/C15H18O2/c1-8(2)11-6-5-9(3)13-12(16)7-10(4)15(17)14(11)13/h5-6,8,10H,7H2,1-4H3. The first-order chi connectivity index (χ1) is 7.93. The highest BCUT2D eigenvalue weighted by Crippen LogP contribution is 2.33. The van der Waals surface area contributed by atoms with E-state index in [1.165, 1.54) is 0 Å². The largest absolute Gasteiger partial charge is 0.294 e. The molecule has 0 fully saturated rings. The Hall–Kier alpha value is -1.44. The van der Waals surface area contributed by atoms with E-state index >= 15 is 0 Å². The molecule has 1 atom stereocenters. The topological polar surface area (TPSA) is 34.1 Å². The van der Waals surface area contributed by atoms with Gasteiger partial charge in [0.25, 0.3) is 0 Å². The van der Waals surface area contributed by atoms with Crippen molar-refractivity contribution in [1.29, 1.82) is 0 Å². The number of hydrogen-bond acceptors (Lipinski definition) is 2. The van der Waals surface area contributed by atoms with Gasteiger partial charge in [-0.3, -0.25) is 9.59 Å². The van der Waals surface area contributed by atoms with E-state index < -0.39 is 0 Å². The molecule has 0 amide bonds. The van der Waals surface area contributed by atoms with Gasteiger partial charge in [-0.15, -0.1) is 0 Å². The Balaban J connectivity index is 2.76. The maximum Gasteiger partial charge on any atom is 0.167 e. The molecule has 0 radical (unpaired) electrons. The second-order valence-corrected chi connectivity index (χ2v) is 5.27. The van der Waals surface area contributed by atoms with Crippen LogP contribution in [0.3, 0.4) is 0 Å². The molecule has 1 unspecified atom stereocenters. The second-order valence-electron chi connectivity index (χ2n) is 5.27. The molecule has 2 rings (SSSR count). The smallest absolute Gasteiger partial charge is 0.167 e. The highest BCUT2D eigenvalue weighted by Gasteiger charge is 2.33. The van der Waals surface area contributed by atoms with Crippen LogP contribution in [0.15, 0.2) is 12.1 Å². The number of rotatable bonds is 1. The lowest BCUT2D eigenvalue weighted by atomic mass is 9.77. The summed E-state index contributed by atoms with van der Waals surface area (Å²) in [5.41, 5.74) is 3.29. The zero-order chi connectivity index (χ0) is 12.7. The van der Waals surface area contributed by atoms with Gasteiger partial charge < -0.3 is 0 Å². The zero-order valence-corrected chi connectivity index (χ0v) is 10.8. The van der Waals surface area contributed by atoms with Gasteiger partial charge >= 0.3 is 0 Å². The van der Waals surface area contributed by atoms with Crippen LogP contribution in [0.4, 0.5) is 0 Å². The predicted molar refractivity (Wildman–Crippen MR) is 67.7 cm³/mol. The highest BCUT2D eigenvalue weighted by atomic mass is 16.1. The first-order valence-corrected chi connectivity index (χ1v) is 6.14. The highest BCUT2D eigenvalue weighted by molar-refractivity contribution is 6.16. The Bertz CT molecular complexity index is 498. The molecule has 0 saturated carbocycles. The molecule has 0 spiro atoms. The van der Waals surface area contributed by atoms with E-state index in [4.69, 9.17) is 0 Å². The summed E-state index contributed by atoms with van der Waals surface area (Å²) in [6.07, 6.45) is 0.355. The molecule has 0 aliphatic heterocycles. The third-order valence-corrected chi connectivity index (χ3v) is 3.53. The summed E-state index contributed by atoms with van der Waals surface area (Å²) < 4.78 is 0. The van der Waals surface area contributed by atoms with Gasteiger partial charge in [0.2, 0.25) is 0 Å². The van der Waals surface area contributed by atoms with Crippen LogP contribution < -0.4 is 0 Å². The van der Waals surface area contributed by atoms with E-state index in [1.807, 2.05) is 26.0 Å². The lowest BCUT2D eigenvalue weighted by Gasteiger charge is -2.24. The summed E-state index contributed by atoms with van der Waals surface area (Å²) in [7, 11) is 0. The number of aryl methyl sites for hydroxylation is 1. The molecule has 0 heterocycles. The van der Waals surface area contributed by atoms with E-state index in [-0.39, 0.29) is 23.4 Å². The third-order valence-electron chi connectivity index (χ3n) is 3.53. The van der Waals surface area contributed by atoms with Crippen molar-refractivity contribution in [2.24, 2.45) is 5.92 Å². The number of carbonyl (C=O) groups is 2. The summed E-state index contributed by atoms with van der Waals surface area (Å²) in [5.74, 6) is 0.347. The number of Topliss-reactive ketones (excluding diaryl/α,β-unsaturated/α-hetero) is 2. The van der Waals surface area contributed by atoms with E-state index in [0.29, 0.717) is 17.5 Å². The van der Waals surface area contributed by atoms with Gasteiger partial charge in [0.15, 0.2) is 11.6 Å². The minimum atomic E-state index is -0.172. The van der Waals surface area contributed by atoms with Gasteiger partial charge in [-0.1, -0.05) is 32.9 Å². The molecule has 17 heavy (non-hydrogen) atoms. The van der Waals surface area contributed by atoms with Crippen molar-refractivity contribution in [1.82, 2.24) is 0 Å². The zero-order valence-electron chi connectivity index (χ0n) is 10.8. The first-order valence-electron chi connectivity index (χ1n) is 6.14. The van der Waals surface area contributed by atoms with Gasteiger partial charge in [0.1, 0.15) is 0 Å². The van der Waals surface area contributed by atoms with Crippen molar-refractivity contribution >= 4 is 11.6 Å². The molecular weight excluding hydrogens is 212 g/mol. The molecule has 0 bridgehead atoms. The van der Waals surface area contributed by atoms with Crippen molar-refractivity contribution in [3.05, 3.63) is 34.4 Å². The quantitative estimate of drug-likeness (QED) is 0.739. The number of ketones is 2. The van der Waals surface area contributed by atoms with Crippen LogP contribution in [0.2, 0.25) is 0 Å². The normalized spacial score (nSPS) is 19.7. The number of hydrogen-bond donors (Lipinski definition) is 0. The fraction of sp³-hybridized carbons (Fsp3) is 0.467. The molecule has 90 valence electrons. The molecule has 0 N–H and O–H groups in total. The predicted octanol–water partition coefficient (Wildman–Crippen LogP) is 3.52. The van der Waals surface area contributed by atoms with Crippen molar-refractivity contribution in [2.75, 3.05) is 0 Å². The lowest BCUT2D eigenvalue weighted by Crippen LogP contribution is -2.27. The molecule has 1 aliphatic carbocycles. The van der Waals surface area contributed by atoms with Gasteiger partial charge in [0.05, 0.1) is 0 Å². The fourth-order valence-electron chi connectivity index (χ4n) is 2.55. The van der Waals surface area contributed by atoms with E-state index in [1.54, 1.807) is 0 Å². The van der Waals surface area contributed by atoms with Gasteiger partial charge in [0, 0.05) is 23.5 Å². The van der Waals surface area contributed by atoms with E-state index in [9.17, 15) is 9.59 Å². The molecule has 2 heteroatoms. The van der Waals surface area contributed by atoms with Gasteiger partial charge in [-0.2, -0.15) is 0 Å². The second kappa shape index (κ2) is 4.10. The molecule has 1 aromatic rings. The maximum absolute atomic E-state index is 12.3. The monoisotopic (exact) mass is 230 g/mol. The Labute approximate surface area is 102 Å². The molecule has 1 aromatic carbocycles. The Kier molecular flexibility index (Phi) is 2.90. The van der Waals surface area contributed by atoms with Crippen LogP contribution in [0.5, 0.6) is 0 Å². The number of fused-ring (bicyclic) bond motifs is 1. The summed E-state index contributed by atoms with van der Waals surface area (Å²) in [5, 5.41) is 0. The SMILES string of the molecule is Cc1ccc(C(C)C)c2c1C(=O)CC(C)C2=O. The molecule has 2 nitrogen and oxygen atoms in total. The average Bonchev–Trinajstić information content (AvgIpc) is 2.25. The van der Waals surface area contributed by atoms with Crippen LogP contribution in [0, 0.1) is 12.8 Å². The number of benzene rings is 1. The van der Waals surface area contributed by atoms with Crippen LogP contribution in [-0.2, 0) is 0 Å². The molecule has 0 saturated heterocycles.